The van der Waals surface area contributed by atoms with E-state index in [0.717, 1.165) is 32.1 Å². The second kappa shape index (κ2) is 60.6. The van der Waals surface area contributed by atoms with E-state index in [2.05, 4.69) is 13.8 Å². The first-order chi connectivity index (χ1) is 38.0. The Morgan fingerprint density at radius 3 is 0.821 bits per heavy atom. The number of likely N-dealkylation sites (N-methyl/N-ethyl adjacent to an activating group) is 1. The molecule has 0 radical (unpaired) electrons. The predicted molar refractivity (Wildman–Crippen MR) is 333 cm³/mol. The standard InChI is InChI=1S/C68H136NO8P/c1-6-8-10-12-14-16-18-20-22-24-26-28-30-31-32-33-34-35-36-37-39-41-43-45-47-49-51-53-55-57-59-61-68(71)77-66(65-76-78(72,73)75-63-62-69(3,4)5)64-74-67(70)60-58-56-54-52-50-48-46-44-42-40-38-29-27-25-23-21-19-17-15-13-11-9-7-2/h66H,6-65H2,1-5H3. The third kappa shape index (κ3) is 64.2. The van der Waals surface area contributed by atoms with Gasteiger partial charge in [0.05, 0.1) is 27.7 Å². The third-order valence-electron chi connectivity index (χ3n) is 16.1. The highest BCUT2D eigenvalue weighted by Crippen LogP contribution is 2.38. The highest BCUT2D eigenvalue weighted by Gasteiger charge is 2.22. The molecule has 0 amide bonds. The van der Waals surface area contributed by atoms with E-state index in [-0.39, 0.29) is 32.0 Å². The van der Waals surface area contributed by atoms with Gasteiger partial charge in [0, 0.05) is 12.8 Å². The molecule has 0 aromatic rings. The smallest absolute Gasteiger partial charge is 0.306 e. The van der Waals surface area contributed by atoms with Crippen LogP contribution in [0.15, 0.2) is 0 Å². The number of quaternary nitrogens is 1. The van der Waals surface area contributed by atoms with E-state index in [4.69, 9.17) is 18.5 Å². The first-order valence-corrected chi connectivity index (χ1v) is 36.2. The van der Waals surface area contributed by atoms with Crippen molar-refractivity contribution in [3.8, 4) is 0 Å². The van der Waals surface area contributed by atoms with E-state index in [1.165, 1.54) is 308 Å². The number of carbonyl (C=O) groups is 2. The lowest BCUT2D eigenvalue weighted by molar-refractivity contribution is -0.870. The van der Waals surface area contributed by atoms with Crippen LogP contribution in [0.1, 0.15) is 373 Å². The summed E-state index contributed by atoms with van der Waals surface area (Å²) in [6, 6.07) is 0. The summed E-state index contributed by atoms with van der Waals surface area (Å²) in [5, 5.41) is 0. The van der Waals surface area contributed by atoms with E-state index in [9.17, 15) is 19.0 Å². The summed E-state index contributed by atoms with van der Waals surface area (Å²) >= 11 is 0. The molecule has 0 aromatic heterocycles. The lowest BCUT2D eigenvalue weighted by Crippen LogP contribution is -2.37. The minimum atomic E-state index is -4.63. The molecule has 0 aliphatic carbocycles. The zero-order valence-corrected chi connectivity index (χ0v) is 54.1. The van der Waals surface area contributed by atoms with Gasteiger partial charge in [-0.25, -0.2) is 0 Å². The van der Waals surface area contributed by atoms with E-state index in [1.807, 2.05) is 21.1 Å². The van der Waals surface area contributed by atoms with Gasteiger partial charge in [0.1, 0.15) is 19.8 Å². The third-order valence-corrected chi connectivity index (χ3v) is 17.1. The van der Waals surface area contributed by atoms with Crippen LogP contribution in [0.2, 0.25) is 0 Å². The molecule has 0 N–H and O–H groups in total. The van der Waals surface area contributed by atoms with Crippen molar-refractivity contribution in [1.29, 1.82) is 0 Å². The lowest BCUT2D eigenvalue weighted by Gasteiger charge is -2.28. The predicted octanol–water partition coefficient (Wildman–Crippen LogP) is 21.5. The molecule has 466 valence electrons. The number of nitrogens with zero attached hydrogens (tertiary/aromatic N) is 1. The zero-order chi connectivity index (χ0) is 57.0. The minimum Gasteiger partial charge on any atom is -0.756 e. The summed E-state index contributed by atoms with van der Waals surface area (Å²) in [6.07, 6.45) is 71.9. The molecule has 0 saturated heterocycles. The number of esters is 2. The molecule has 2 unspecified atom stereocenters. The topological polar surface area (TPSA) is 111 Å². The second-order valence-electron chi connectivity index (χ2n) is 25.3. The summed E-state index contributed by atoms with van der Waals surface area (Å²) < 4.78 is 34.3. The van der Waals surface area contributed by atoms with Gasteiger partial charge in [-0.3, -0.25) is 14.2 Å². The van der Waals surface area contributed by atoms with Crippen molar-refractivity contribution >= 4 is 19.8 Å². The fraction of sp³-hybridized carbons (Fsp3) is 0.971. The maximum Gasteiger partial charge on any atom is 0.306 e. The molecule has 0 fully saturated rings. The van der Waals surface area contributed by atoms with Crippen molar-refractivity contribution in [2.75, 3.05) is 47.5 Å². The van der Waals surface area contributed by atoms with E-state index >= 15 is 0 Å². The van der Waals surface area contributed by atoms with Crippen LogP contribution in [0.4, 0.5) is 0 Å². The van der Waals surface area contributed by atoms with Gasteiger partial charge in [0.2, 0.25) is 0 Å². The number of ether oxygens (including phenoxy) is 2. The molecular weight excluding hydrogens is 990 g/mol. The maximum atomic E-state index is 12.9. The Morgan fingerprint density at radius 1 is 0.346 bits per heavy atom. The summed E-state index contributed by atoms with van der Waals surface area (Å²) in [6.45, 7) is 4.34. The lowest BCUT2D eigenvalue weighted by atomic mass is 10.0. The van der Waals surface area contributed by atoms with Gasteiger partial charge in [0.25, 0.3) is 7.82 Å². The van der Waals surface area contributed by atoms with E-state index < -0.39 is 26.5 Å². The highest BCUT2D eigenvalue weighted by molar-refractivity contribution is 7.45. The zero-order valence-electron chi connectivity index (χ0n) is 53.2. The molecule has 0 aliphatic heterocycles. The molecule has 2 atom stereocenters. The number of rotatable bonds is 66. The Kier molecular flexibility index (Phi) is 59.8. The average Bonchev–Trinajstić information content (AvgIpc) is 3.40. The van der Waals surface area contributed by atoms with E-state index in [1.54, 1.807) is 0 Å². The normalized spacial score (nSPS) is 13.1. The monoisotopic (exact) mass is 1130 g/mol. The first-order valence-electron chi connectivity index (χ1n) is 34.7. The first kappa shape index (κ1) is 77.0. The van der Waals surface area contributed by atoms with Crippen LogP contribution >= 0.6 is 7.82 Å². The largest absolute Gasteiger partial charge is 0.756 e. The van der Waals surface area contributed by atoms with Crippen LogP contribution < -0.4 is 4.89 Å². The SMILES string of the molecule is CCCCCCCCCCCCCCCCCCCCCCCCCCCCCCCCCC(=O)OC(COC(=O)CCCCCCCCCCCCCCCCCCCCCCCCC)COP(=O)([O-])OCC[N+](C)(C)C. The molecule has 9 nitrogen and oxygen atoms in total. The number of carbonyl (C=O) groups excluding carboxylic acids is 2. The Balaban J connectivity index is 3.97. The molecule has 0 spiro atoms. The molecule has 0 heterocycles. The Morgan fingerprint density at radius 2 is 0.577 bits per heavy atom. The van der Waals surface area contributed by atoms with Gasteiger partial charge < -0.3 is 27.9 Å². The van der Waals surface area contributed by atoms with Crippen molar-refractivity contribution in [3.63, 3.8) is 0 Å². The number of hydrogen-bond donors (Lipinski definition) is 0. The quantitative estimate of drug-likeness (QED) is 0.0256. The maximum absolute atomic E-state index is 12.9. The summed E-state index contributed by atoms with van der Waals surface area (Å²) in [5.74, 6) is -0.804. The second-order valence-corrected chi connectivity index (χ2v) is 26.7. The molecule has 0 aromatic carbocycles. The highest BCUT2D eigenvalue weighted by atomic mass is 31.2. The Bertz CT molecular complexity index is 1280. The number of phosphoric ester groups is 1. The average molecular weight is 1130 g/mol. The summed E-state index contributed by atoms with van der Waals surface area (Å²) in [7, 11) is 1.20. The van der Waals surface area contributed by atoms with Crippen LogP contribution in [0.25, 0.3) is 0 Å². The van der Waals surface area contributed by atoms with Crippen molar-refractivity contribution < 1.29 is 42.1 Å². The van der Waals surface area contributed by atoms with Crippen molar-refractivity contribution in [2.45, 2.75) is 380 Å². The van der Waals surface area contributed by atoms with Crippen LogP contribution in [0.3, 0.4) is 0 Å². The Hall–Kier alpha value is -0.990. The summed E-state index contributed by atoms with van der Waals surface area (Å²) in [5.41, 5.74) is 0. The van der Waals surface area contributed by atoms with Crippen molar-refractivity contribution in [1.82, 2.24) is 0 Å². The fourth-order valence-electron chi connectivity index (χ4n) is 10.8. The van der Waals surface area contributed by atoms with Crippen molar-refractivity contribution in [3.05, 3.63) is 0 Å². The summed E-state index contributed by atoms with van der Waals surface area (Å²) in [4.78, 5) is 38.0. The molecule has 78 heavy (non-hydrogen) atoms. The number of hydrogen-bond acceptors (Lipinski definition) is 8. The molecule has 0 aliphatic rings. The molecular formula is C68H136NO8P. The van der Waals surface area contributed by atoms with Gasteiger partial charge in [0.15, 0.2) is 6.10 Å². The van der Waals surface area contributed by atoms with Gasteiger partial charge in [-0.05, 0) is 12.8 Å². The van der Waals surface area contributed by atoms with E-state index in [0.29, 0.717) is 17.4 Å². The molecule has 0 saturated carbocycles. The van der Waals surface area contributed by atoms with Crippen LogP contribution in [-0.2, 0) is 32.7 Å². The Labute approximate surface area is 486 Å². The van der Waals surface area contributed by atoms with Gasteiger partial charge in [-0.2, -0.15) is 0 Å². The van der Waals surface area contributed by atoms with Gasteiger partial charge in [-0.15, -0.1) is 0 Å². The van der Waals surface area contributed by atoms with Crippen molar-refractivity contribution in [2.24, 2.45) is 0 Å². The van der Waals surface area contributed by atoms with Crippen LogP contribution in [-0.4, -0.2) is 70.0 Å². The van der Waals surface area contributed by atoms with Crippen LogP contribution in [0.5, 0.6) is 0 Å². The molecule has 0 bridgehead atoms. The minimum absolute atomic E-state index is 0.0248. The van der Waals surface area contributed by atoms with Gasteiger partial charge >= 0.3 is 11.9 Å². The molecule has 0 rings (SSSR count). The number of phosphoric acid groups is 1. The van der Waals surface area contributed by atoms with Gasteiger partial charge in [-0.1, -0.05) is 348 Å². The van der Waals surface area contributed by atoms with Crippen LogP contribution in [0, 0.1) is 0 Å². The molecule has 10 heteroatoms. The number of unbranched alkanes of at least 4 members (excludes halogenated alkanes) is 52. The fourth-order valence-corrected chi connectivity index (χ4v) is 11.5.